The van der Waals surface area contributed by atoms with Crippen molar-refractivity contribution in [3.63, 3.8) is 0 Å². The number of methoxy groups -OCH3 is 1. The molecule has 0 radical (unpaired) electrons. The fourth-order valence-corrected chi connectivity index (χ4v) is 3.42. The minimum Gasteiger partial charge on any atom is -0.481 e. The third-order valence-electron chi connectivity index (χ3n) is 4.20. The highest BCUT2D eigenvalue weighted by Gasteiger charge is 2.12. The number of ether oxygens (including phenoxy) is 1. The van der Waals surface area contributed by atoms with Crippen LogP contribution in [0.3, 0.4) is 0 Å². The van der Waals surface area contributed by atoms with E-state index in [9.17, 15) is 0 Å². The Bertz CT molecular complexity index is 1250. The Labute approximate surface area is 157 Å². The summed E-state index contributed by atoms with van der Waals surface area (Å²) in [7, 11) is 1.59. The third kappa shape index (κ3) is 2.87. The zero-order valence-corrected chi connectivity index (χ0v) is 15.1. The fraction of sp³-hybridized carbons (Fsp3) is 0.111. The van der Waals surface area contributed by atoms with Crippen LogP contribution in [0.25, 0.3) is 27.9 Å². The molecular formula is C18H13N7OS. The molecule has 0 aliphatic carbocycles. The van der Waals surface area contributed by atoms with Crippen molar-refractivity contribution in [1.29, 1.82) is 0 Å². The number of rotatable bonds is 4. The van der Waals surface area contributed by atoms with Crippen LogP contribution in [0.15, 0.2) is 48.9 Å². The summed E-state index contributed by atoms with van der Waals surface area (Å²) in [5, 5.41) is 4.58. The van der Waals surface area contributed by atoms with Gasteiger partial charge >= 0.3 is 0 Å². The molecule has 5 rings (SSSR count). The molecule has 0 unspecified atom stereocenters. The SMILES string of the molecule is COc1ccc(-c2nccn3nc(Cc4ccc5nsnc5c4)nc23)cn1. The third-order valence-corrected chi connectivity index (χ3v) is 4.75. The first-order valence-electron chi connectivity index (χ1n) is 8.22. The Morgan fingerprint density at radius 1 is 1.07 bits per heavy atom. The molecule has 0 amide bonds. The molecule has 0 saturated carbocycles. The number of benzene rings is 1. The van der Waals surface area contributed by atoms with Crippen molar-refractivity contribution in [2.75, 3.05) is 7.11 Å². The zero-order chi connectivity index (χ0) is 18.2. The van der Waals surface area contributed by atoms with E-state index in [1.807, 2.05) is 24.3 Å². The van der Waals surface area contributed by atoms with Gasteiger partial charge in [-0.1, -0.05) is 6.07 Å². The molecule has 0 spiro atoms. The first kappa shape index (κ1) is 15.8. The molecular weight excluding hydrogens is 362 g/mol. The van der Waals surface area contributed by atoms with E-state index in [-0.39, 0.29) is 0 Å². The first-order chi connectivity index (χ1) is 13.3. The predicted octanol–water partition coefficient (Wildman–Crippen LogP) is 2.79. The lowest BCUT2D eigenvalue weighted by Crippen LogP contribution is -1.94. The second kappa shape index (κ2) is 6.36. The van der Waals surface area contributed by atoms with Crippen LogP contribution in [0.2, 0.25) is 0 Å². The Kier molecular flexibility index (Phi) is 3.72. The van der Waals surface area contributed by atoms with E-state index in [1.165, 1.54) is 11.7 Å². The molecule has 0 saturated heterocycles. The van der Waals surface area contributed by atoms with Crippen LogP contribution in [0, 0.1) is 0 Å². The maximum absolute atomic E-state index is 5.11. The molecule has 4 aromatic heterocycles. The topological polar surface area (TPSA) is 91.0 Å². The van der Waals surface area contributed by atoms with Crippen molar-refractivity contribution in [3.05, 3.63) is 60.3 Å². The van der Waals surface area contributed by atoms with Gasteiger partial charge in [0, 0.05) is 36.6 Å². The molecule has 132 valence electrons. The lowest BCUT2D eigenvalue weighted by atomic mass is 10.1. The highest BCUT2D eigenvalue weighted by Crippen LogP contribution is 2.22. The monoisotopic (exact) mass is 375 g/mol. The molecule has 0 atom stereocenters. The Morgan fingerprint density at radius 2 is 2.00 bits per heavy atom. The average molecular weight is 375 g/mol. The van der Waals surface area contributed by atoms with E-state index in [4.69, 9.17) is 9.72 Å². The summed E-state index contributed by atoms with van der Waals surface area (Å²) in [6, 6.07) is 9.74. The Morgan fingerprint density at radius 3 is 2.85 bits per heavy atom. The van der Waals surface area contributed by atoms with Crippen LogP contribution >= 0.6 is 11.7 Å². The maximum Gasteiger partial charge on any atom is 0.212 e. The van der Waals surface area contributed by atoms with Crippen LogP contribution in [-0.4, -0.2) is 40.4 Å². The standard InChI is InChI=1S/C18H13N7OS/c1-26-16-5-3-12(10-20-16)17-18-21-15(22-25(18)7-6-19-17)9-11-2-4-13-14(8-11)24-27-23-13/h2-8,10H,9H2,1H3. The number of pyridine rings is 1. The number of hydrogen-bond donors (Lipinski definition) is 0. The molecule has 0 aliphatic heterocycles. The summed E-state index contributed by atoms with van der Waals surface area (Å²) in [6.07, 6.45) is 5.83. The summed E-state index contributed by atoms with van der Waals surface area (Å²) >= 11 is 1.22. The fourth-order valence-electron chi connectivity index (χ4n) is 2.90. The second-order valence-electron chi connectivity index (χ2n) is 5.93. The van der Waals surface area contributed by atoms with Crippen molar-refractivity contribution < 1.29 is 4.74 Å². The number of aromatic nitrogens is 7. The molecule has 0 N–H and O–H groups in total. The van der Waals surface area contributed by atoms with Gasteiger partial charge < -0.3 is 4.74 Å². The summed E-state index contributed by atoms with van der Waals surface area (Å²) < 4.78 is 15.4. The summed E-state index contributed by atoms with van der Waals surface area (Å²) in [6.45, 7) is 0. The number of hydrogen-bond acceptors (Lipinski definition) is 8. The van der Waals surface area contributed by atoms with Crippen LogP contribution < -0.4 is 4.74 Å². The number of nitrogens with zero attached hydrogens (tertiary/aromatic N) is 7. The smallest absolute Gasteiger partial charge is 0.212 e. The van der Waals surface area contributed by atoms with Crippen molar-refractivity contribution in [3.8, 4) is 17.1 Å². The van der Waals surface area contributed by atoms with Gasteiger partial charge in [0.15, 0.2) is 11.5 Å². The molecule has 0 aliphatic rings. The predicted molar refractivity (Wildman–Crippen MR) is 101 cm³/mol. The van der Waals surface area contributed by atoms with Gasteiger partial charge in [0.1, 0.15) is 16.7 Å². The van der Waals surface area contributed by atoms with Crippen molar-refractivity contribution in [1.82, 2.24) is 33.3 Å². The number of fused-ring (bicyclic) bond motifs is 2. The van der Waals surface area contributed by atoms with Crippen LogP contribution in [-0.2, 0) is 6.42 Å². The quantitative estimate of drug-likeness (QED) is 0.477. The lowest BCUT2D eigenvalue weighted by Gasteiger charge is -2.02. The van der Waals surface area contributed by atoms with Gasteiger partial charge in [-0.15, -0.1) is 0 Å². The van der Waals surface area contributed by atoms with E-state index in [0.29, 0.717) is 23.8 Å². The second-order valence-corrected chi connectivity index (χ2v) is 6.45. The normalized spacial score (nSPS) is 11.3. The molecule has 0 bridgehead atoms. The van der Waals surface area contributed by atoms with Gasteiger partial charge in [0.05, 0.1) is 18.8 Å². The van der Waals surface area contributed by atoms with Crippen molar-refractivity contribution in [2.45, 2.75) is 6.42 Å². The average Bonchev–Trinajstić information content (AvgIpc) is 3.33. The van der Waals surface area contributed by atoms with E-state index < -0.39 is 0 Å². The van der Waals surface area contributed by atoms with Gasteiger partial charge in [-0.2, -0.15) is 13.8 Å². The van der Waals surface area contributed by atoms with E-state index in [1.54, 1.807) is 36.3 Å². The van der Waals surface area contributed by atoms with Crippen LogP contribution in [0.1, 0.15) is 11.4 Å². The Balaban J connectivity index is 1.52. The maximum atomic E-state index is 5.11. The van der Waals surface area contributed by atoms with Gasteiger partial charge in [-0.3, -0.25) is 4.98 Å². The van der Waals surface area contributed by atoms with Gasteiger partial charge in [0.25, 0.3) is 0 Å². The molecule has 27 heavy (non-hydrogen) atoms. The molecule has 5 aromatic rings. The highest BCUT2D eigenvalue weighted by atomic mass is 32.1. The van der Waals surface area contributed by atoms with E-state index in [0.717, 1.165) is 27.9 Å². The molecule has 8 nitrogen and oxygen atoms in total. The minimum absolute atomic E-state index is 0.555. The Hall–Kier alpha value is -3.46. The lowest BCUT2D eigenvalue weighted by molar-refractivity contribution is 0.398. The molecule has 0 fully saturated rings. The summed E-state index contributed by atoms with van der Waals surface area (Å²) in [5.74, 6) is 1.27. The van der Waals surface area contributed by atoms with Crippen molar-refractivity contribution in [2.24, 2.45) is 0 Å². The minimum atomic E-state index is 0.555. The summed E-state index contributed by atoms with van der Waals surface area (Å²) in [5.41, 5.74) is 5.17. The molecule has 9 heteroatoms. The van der Waals surface area contributed by atoms with Crippen LogP contribution in [0.4, 0.5) is 0 Å². The highest BCUT2D eigenvalue weighted by molar-refractivity contribution is 7.00. The van der Waals surface area contributed by atoms with E-state index >= 15 is 0 Å². The van der Waals surface area contributed by atoms with Gasteiger partial charge in [-0.05, 0) is 23.8 Å². The molecule has 4 heterocycles. The summed E-state index contributed by atoms with van der Waals surface area (Å²) in [4.78, 5) is 13.4. The van der Waals surface area contributed by atoms with Gasteiger partial charge in [-0.25, -0.2) is 14.5 Å². The molecule has 1 aromatic carbocycles. The zero-order valence-electron chi connectivity index (χ0n) is 14.3. The van der Waals surface area contributed by atoms with E-state index in [2.05, 4.69) is 23.8 Å². The first-order valence-corrected chi connectivity index (χ1v) is 8.95. The van der Waals surface area contributed by atoms with Gasteiger partial charge in [0.2, 0.25) is 5.88 Å². The van der Waals surface area contributed by atoms with Crippen molar-refractivity contribution >= 4 is 28.4 Å². The van der Waals surface area contributed by atoms with Crippen LogP contribution in [0.5, 0.6) is 5.88 Å². The largest absolute Gasteiger partial charge is 0.481 e.